The van der Waals surface area contributed by atoms with Gasteiger partial charge in [0.05, 0.1) is 12.5 Å². The molecule has 0 heterocycles. The van der Waals surface area contributed by atoms with E-state index in [2.05, 4.69) is 4.74 Å². The van der Waals surface area contributed by atoms with E-state index in [9.17, 15) is 18.4 Å². The highest BCUT2D eigenvalue weighted by atomic mass is 19.3. The summed E-state index contributed by atoms with van der Waals surface area (Å²) in [4.78, 5) is 22.7. The van der Waals surface area contributed by atoms with Crippen molar-refractivity contribution in [3.8, 4) is 11.5 Å². The second-order valence-corrected chi connectivity index (χ2v) is 4.34. The molecule has 0 bridgehead atoms. The maximum Gasteiger partial charge on any atom is 0.387 e. The Bertz CT molecular complexity index is 516. The van der Waals surface area contributed by atoms with Crippen LogP contribution in [0.1, 0.15) is 30.6 Å². The first-order chi connectivity index (χ1) is 9.85. The molecule has 0 saturated heterocycles. The Kier molecular flexibility index (Phi) is 6.08. The number of carboxylic acid groups (broad SMARTS) is 1. The zero-order valence-corrected chi connectivity index (χ0v) is 11.6. The van der Waals surface area contributed by atoms with Crippen LogP contribution in [0, 0.1) is 5.92 Å². The number of carbonyl (C=O) groups excluding carboxylic acids is 1. The maximum atomic E-state index is 12.3. The van der Waals surface area contributed by atoms with Crippen LogP contribution in [0.15, 0.2) is 18.2 Å². The summed E-state index contributed by atoms with van der Waals surface area (Å²) in [6, 6.07) is 3.78. The summed E-state index contributed by atoms with van der Waals surface area (Å²) >= 11 is 0. The molecule has 0 fully saturated rings. The van der Waals surface area contributed by atoms with Gasteiger partial charge in [-0.05, 0) is 25.1 Å². The fraction of sp³-hybridized carbons (Fsp3) is 0.429. The summed E-state index contributed by atoms with van der Waals surface area (Å²) in [5.41, 5.74) is 0.188. The molecule has 5 nitrogen and oxygen atoms in total. The molecule has 0 saturated carbocycles. The quantitative estimate of drug-likeness (QED) is 0.747. The minimum Gasteiger partial charge on any atom is -0.490 e. The van der Waals surface area contributed by atoms with Gasteiger partial charge in [0, 0.05) is 12.0 Å². The summed E-state index contributed by atoms with van der Waals surface area (Å²) in [5, 5.41) is 8.78. The summed E-state index contributed by atoms with van der Waals surface area (Å²) in [6.07, 6.45) is -0.185. The number of aliphatic carboxylic acids is 1. The normalized spacial score (nSPS) is 12.0. The molecule has 1 rings (SSSR count). The van der Waals surface area contributed by atoms with Gasteiger partial charge in [0.1, 0.15) is 0 Å². The van der Waals surface area contributed by atoms with E-state index < -0.39 is 24.3 Å². The molecule has 116 valence electrons. The van der Waals surface area contributed by atoms with Gasteiger partial charge in [-0.1, -0.05) is 6.92 Å². The largest absolute Gasteiger partial charge is 0.490 e. The number of carbonyl (C=O) groups is 2. The lowest BCUT2D eigenvalue weighted by Gasteiger charge is -2.13. The van der Waals surface area contributed by atoms with E-state index >= 15 is 0 Å². The molecule has 0 aliphatic heterocycles. The number of Topliss-reactive ketones (excluding diaryl/α,β-unsaturated/α-hetero) is 1. The van der Waals surface area contributed by atoms with Crippen molar-refractivity contribution in [1.82, 2.24) is 0 Å². The molecule has 7 heteroatoms. The van der Waals surface area contributed by atoms with Crippen LogP contribution in [-0.4, -0.2) is 30.1 Å². The van der Waals surface area contributed by atoms with Gasteiger partial charge in [0.15, 0.2) is 17.3 Å². The summed E-state index contributed by atoms with van der Waals surface area (Å²) in [7, 11) is 0. The number of hydrogen-bond acceptors (Lipinski definition) is 4. The fourth-order valence-electron chi connectivity index (χ4n) is 1.63. The molecule has 0 radical (unpaired) electrons. The number of benzene rings is 1. The van der Waals surface area contributed by atoms with Crippen molar-refractivity contribution >= 4 is 11.8 Å². The molecule has 1 unspecified atom stereocenters. The van der Waals surface area contributed by atoms with Gasteiger partial charge in [-0.15, -0.1) is 0 Å². The Labute approximate surface area is 120 Å². The fourth-order valence-corrected chi connectivity index (χ4v) is 1.63. The van der Waals surface area contributed by atoms with Gasteiger partial charge in [-0.2, -0.15) is 8.78 Å². The van der Waals surface area contributed by atoms with Crippen LogP contribution >= 0.6 is 0 Å². The SMILES string of the molecule is CCOc1cc(C(=O)CC(C)C(=O)O)ccc1OC(F)F. The Balaban J connectivity index is 2.96. The molecule has 0 aliphatic rings. The van der Waals surface area contributed by atoms with Gasteiger partial charge in [0.2, 0.25) is 0 Å². The van der Waals surface area contributed by atoms with Gasteiger partial charge in [-0.3, -0.25) is 9.59 Å². The monoisotopic (exact) mass is 302 g/mol. The van der Waals surface area contributed by atoms with Crippen molar-refractivity contribution in [2.24, 2.45) is 5.92 Å². The molecular weight excluding hydrogens is 286 g/mol. The van der Waals surface area contributed by atoms with E-state index in [0.29, 0.717) is 0 Å². The van der Waals surface area contributed by atoms with E-state index in [4.69, 9.17) is 9.84 Å². The molecule has 1 N–H and O–H groups in total. The zero-order valence-electron chi connectivity index (χ0n) is 11.6. The second kappa shape index (κ2) is 7.56. The van der Waals surface area contributed by atoms with E-state index in [1.807, 2.05) is 0 Å². The number of alkyl halides is 2. The van der Waals surface area contributed by atoms with Gasteiger partial charge >= 0.3 is 12.6 Å². The van der Waals surface area contributed by atoms with Crippen molar-refractivity contribution in [1.29, 1.82) is 0 Å². The summed E-state index contributed by atoms with van der Waals surface area (Å²) in [6.45, 7) is 0.284. The molecule has 21 heavy (non-hydrogen) atoms. The first-order valence-corrected chi connectivity index (χ1v) is 6.32. The number of carboxylic acids is 1. The van der Waals surface area contributed by atoms with Crippen molar-refractivity contribution in [3.63, 3.8) is 0 Å². The smallest absolute Gasteiger partial charge is 0.387 e. The van der Waals surface area contributed by atoms with E-state index in [1.54, 1.807) is 6.92 Å². The van der Waals surface area contributed by atoms with Crippen LogP contribution in [0.5, 0.6) is 11.5 Å². The Hall–Kier alpha value is -2.18. The van der Waals surface area contributed by atoms with Crippen LogP contribution in [0.4, 0.5) is 8.78 Å². The standard InChI is InChI=1S/C14H16F2O5/c1-3-20-12-7-9(4-5-11(12)21-14(15)16)10(17)6-8(2)13(18)19/h4-5,7-8,14H,3,6H2,1-2H3,(H,18,19). The average Bonchev–Trinajstić information content (AvgIpc) is 2.40. The minimum absolute atomic E-state index is 0.0200. The lowest BCUT2D eigenvalue weighted by molar-refractivity contribution is -0.141. The van der Waals surface area contributed by atoms with Crippen LogP contribution in [-0.2, 0) is 4.79 Å². The lowest BCUT2D eigenvalue weighted by atomic mass is 9.99. The van der Waals surface area contributed by atoms with Gasteiger partial charge in [0.25, 0.3) is 0 Å². The number of halogens is 2. The molecule has 1 atom stereocenters. The van der Waals surface area contributed by atoms with E-state index in [-0.39, 0.29) is 30.1 Å². The molecule has 1 aromatic rings. The number of rotatable bonds is 8. The first-order valence-electron chi connectivity index (χ1n) is 6.32. The highest BCUT2D eigenvalue weighted by molar-refractivity contribution is 5.98. The van der Waals surface area contributed by atoms with Crippen molar-refractivity contribution in [2.75, 3.05) is 6.61 Å². The molecule has 0 aliphatic carbocycles. The number of hydrogen-bond donors (Lipinski definition) is 1. The van der Waals surface area contributed by atoms with Crippen molar-refractivity contribution in [3.05, 3.63) is 23.8 Å². The Morgan fingerprint density at radius 1 is 1.29 bits per heavy atom. The highest BCUT2D eigenvalue weighted by Gasteiger charge is 2.19. The van der Waals surface area contributed by atoms with Gasteiger partial charge in [-0.25, -0.2) is 0 Å². The number of ketones is 1. The summed E-state index contributed by atoms with van der Waals surface area (Å²) in [5.74, 6) is -2.47. The molecular formula is C14H16F2O5. The third-order valence-electron chi connectivity index (χ3n) is 2.69. The third kappa shape index (κ3) is 5.02. The Morgan fingerprint density at radius 2 is 1.95 bits per heavy atom. The predicted octanol–water partition coefficient (Wildman–Crippen LogP) is 2.98. The van der Waals surface area contributed by atoms with E-state index in [0.717, 1.165) is 0 Å². The first kappa shape index (κ1) is 16.9. The maximum absolute atomic E-state index is 12.3. The Morgan fingerprint density at radius 3 is 2.48 bits per heavy atom. The molecule has 0 aromatic heterocycles. The topological polar surface area (TPSA) is 72.8 Å². The average molecular weight is 302 g/mol. The molecule has 0 spiro atoms. The van der Waals surface area contributed by atoms with Crippen LogP contribution in [0.3, 0.4) is 0 Å². The van der Waals surface area contributed by atoms with Crippen LogP contribution < -0.4 is 9.47 Å². The lowest BCUT2D eigenvalue weighted by Crippen LogP contribution is -2.15. The summed E-state index contributed by atoms with van der Waals surface area (Å²) < 4.78 is 33.9. The second-order valence-electron chi connectivity index (χ2n) is 4.34. The third-order valence-corrected chi connectivity index (χ3v) is 2.69. The van der Waals surface area contributed by atoms with E-state index in [1.165, 1.54) is 25.1 Å². The van der Waals surface area contributed by atoms with Crippen LogP contribution in [0.2, 0.25) is 0 Å². The van der Waals surface area contributed by atoms with Gasteiger partial charge < -0.3 is 14.6 Å². The van der Waals surface area contributed by atoms with Crippen LogP contribution in [0.25, 0.3) is 0 Å². The molecule has 1 aromatic carbocycles. The van der Waals surface area contributed by atoms with Crippen molar-refractivity contribution in [2.45, 2.75) is 26.9 Å². The minimum atomic E-state index is -3.00. The van der Waals surface area contributed by atoms with Crippen molar-refractivity contribution < 1.29 is 33.0 Å². The predicted molar refractivity (Wildman–Crippen MR) is 70.0 cm³/mol. The highest BCUT2D eigenvalue weighted by Crippen LogP contribution is 2.30. The number of ether oxygens (including phenoxy) is 2. The zero-order chi connectivity index (χ0) is 16.0. The molecule has 0 amide bonds.